The van der Waals surface area contributed by atoms with E-state index in [1.54, 1.807) is 18.2 Å². The molecule has 0 aliphatic carbocycles. The highest BCUT2D eigenvalue weighted by Gasteiger charge is 2.14. The van der Waals surface area contributed by atoms with Gasteiger partial charge in [-0.15, -0.1) is 24.0 Å². The highest BCUT2D eigenvalue weighted by atomic mass is 127. The van der Waals surface area contributed by atoms with Gasteiger partial charge in [0.1, 0.15) is 18.8 Å². The molecule has 1 aromatic heterocycles. The van der Waals surface area contributed by atoms with E-state index >= 15 is 0 Å². The highest BCUT2D eigenvalue weighted by molar-refractivity contribution is 14.0. The largest absolute Gasteiger partial charge is 0.486 e. The minimum atomic E-state index is -0.375. The normalized spacial score (nSPS) is 13.3. The van der Waals surface area contributed by atoms with Gasteiger partial charge < -0.3 is 24.6 Å². The molecule has 0 radical (unpaired) electrons. The van der Waals surface area contributed by atoms with Crippen LogP contribution in [0.15, 0.2) is 33.8 Å². The molecule has 0 aliphatic rings. The van der Waals surface area contributed by atoms with Gasteiger partial charge in [0.2, 0.25) is 5.89 Å². The van der Waals surface area contributed by atoms with E-state index in [0.717, 1.165) is 0 Å². The Hall–Kier alpha value is -1.95. The topological polar surface area (TPSA) is 93.8 Å². The second-order valence-corrected chi connectivity index (χ2v) is 6.30. The Balaban J connectivity index is 0.00000450. The Kier molecular flexibility index (Phi) is 12.3. The second-order valence-electron chi connectivity index (χ2n) is 6.30. The van der Waals surface area contributed by atoms with E-state index in [2.05, 4.69) is 25.8 Å². The fourth-order valence-electron chi connectivity index (χ4n) is 2.51. The molecule has 30 heavy (non-hydrogen) atoms. The summed E-state index contributed by atoms with van der Waals surface area (Å²) in [5, 5.41) is 10.3. The van der Waals surface area contributed by atoms with Crippen molar-refractivity contribution >= 4 is 29.9 Å². The van der Waals surface area contributed by atoms with Crippen molar-refractivity contribution in [2.24, 2.45) is 4.99 Å². The lowest BCUT2D eigenvalue weighted by molar-refractivity contribution is 0.0683. The molecule has 2 aromatic rings. The van der Waals surface area contributed by atoms with Crippen LogP contribution in [-0.2, 0) is 11.3 Å². The van der Waals surface area contributed by atoms with Crippen LogP contribution < -0.4 is 15.4 Å². The Morgan fingerprint density at radius 3 is 2.67 bits per heavy atom. The number of aliphatic imine (C=N–C) groups is 1. The third-order valence-corrected chi connectivity index (χ3v) is 4.06. The Morgan fingerprint density at radius 1 is 1.23 bits per heavy atom. The van der Waals surface area contributed by atoms with Gasteiger partial charge in [-0.25, -0.2) is 9.38 Å². The van der Waals surface area contributed by atoms with Crippen LogP contribution in [0.3, 0.4) is 0 Å². The average molecular weight is 535 g/mol. The smallest absolute Gasteiger partial charge is 0.248 e. The molecule has 8 nitrogen and oxygen atoms in total. The summed E-state index contributed by atoms with van der Waals surface area (Å²) in [4.78, 5) is 8.77. The molecule has 0 amide bonds. The zero-order valence-corrected chi connectivity index (χ0v) is 20.2. The van der Waals surface area contributed by atoms with Gasteiger partial charge in [-0.1, -0.05) is 24.2 Å². The molecule has 1 aromatic carbocycles. The third kappa shape index (κ3) is 8.42. The average Bonchev–Trinajstić information content (AvgIpc) is 3.20. The summed E-state index contributed by atoms with van der Waals surface area (Å²) in [5.41, 5.74) is 0. The lowest BCUT2D eigenvalue weighted by Crippen LogP contribution is -2.42. The van der Waals surface area contributed by atoms with Gasteiger partial charge in [-0.2, -0.15) is 4.98 Å². The monoisotopic (exact) mass is 535 g/mol. The van der Waals surface area contributed by atoms with Crippen molar-refractivity contribution in [1.29, 1.82) is 0 Å². The number of hydrogen-bond acceptors (Lipinski definition) is 6. The molecule has 2 rings (SSSR count). The van der Waals surface area contributed by atoms with E-state index in [4.69, 9.17) is 14.0 Å². The van der Waals surface area contributed by atoms with E-state index in [1.165, 1.54) is 6.07 Å². The van der Waals surface area contributed by atoms with E-state index in [9.17, 15) is 4.39 Å². The first-order valence-electron chi connectivity index (χ1n) is 9.94. The number of rotatable bonds is 11. The van der Waals surface area contributed by atoms with Crippen molar-refractivity contribution in [3.05, 3.63) is 41.8 Å². The minimum absolute atomic E-state index is 0. The quantitative estimate of drug-likeness (QED) is 0.257. The first-order chi connectivity index (χ1) is 14.1. The standard InChI is InChI=1S/C20H30FN5O3.HI/c1-5-15(28-17-11-9-8-10-16(17)21)12-23-20(22-6-2)24-13-18-25-19(26-29-18)14(4)27-7-3;/h8-11,14-15H,5-7,12-13H2,1-4H3,(H2,22,23,24);1H. The van der Waals surface area contributed by atoms with E-state index in [0.29, 0.717) is 43.8 Å². The molecular formula is C20H31FIN5O3. The number of nitrogens with one attached hydrogen (secondary N) is 2. The summed E-state index contributed by atoms with van der Waals surface area (Å²) in [6.07, 6.45) is 0.273. The van der Waals surface area contributed by atoms with Crippen LogP contribution in [0.4, 0.5) is 4.39 Å². The molecule has 0 saturated heterocycles. The number of benzene rings is 1. The predicted octanol–water partition coefficient (Wildman–Crippen LogP) is 3.84. The molecule has 0 aliphatic heterocycles. The van der Waals surface area contributed by atoms with Crippen molar-refractivity contribution in [3.63, 3.8) is 0 Å². The lowest BCUT2D eigenvalue weighted by Gasteiger charge is -2.20. The molecule has 2 atom stereocenters. The zero-order chi connectivity index (χ0) is 21.1. The lowest BCUT2D eigenvalue weighted by atomic mass is 10.2. The fraction of sp³-hybridized carbons (Fsp3) is 0.550. The predicted molar refractivity (Wildman–Crippen MR) is 124 cm³/mol. The molecule has 2 unspecified atom stereocenters. The molecular weight excluding hydrogens is 504 g/mol. The molecule has 2 N–H and O–H groups in total. The van der Waals surface area contributed by atoms with Gasteiger partial charge in [0, 0.05) is 13.2 Å². The van der Waals surface area contributed by atoms with Gasteiger partial charge in [0.25, 0.3) is 0 Å². The van der Waals surface area contributed by atoms with Crippen LogP contribution in [0, 0.1) is 5.82 Å². The van der Waals surface area contributed by atoms with Crippen molar-refractivity contribution in [1.82, 2.24) is 20.8 Å². The summed E-state index contributed by atoms with van der Waals surface area (Å²) >= 11 is 0. The Labute approximate surface area is 194 Å². The van der Waals surface area contributed by atoms with Gasteiger partial charge >= 0.3 is 0 Å². The highest BCUT2D eigenvalue weighted by Crippen LogP contribution is 2.18. The Bertz CT molecular complexity index is 774. The van der Waals surface area contributed by atoms with Crippen molar-refractivity contribution in [3.8, 4) is 5.75 Å². The molecule has 1 heterocycles. The first kappa shape index (κ1) is 26.1. The summed E-state index contributed by atoms with van der Waals surface area (Å²) in [6, 6.07) is 6.38. The van der Waals surface area contributed by atoms with E-state index in [-0.39, 0.29) is 54.3 Å². The van der Waals surface area contributed by atoms with Crippen LogP contribution >= 0.6 is 24.0 Å². The van der Waals surface area contributed by atoms with Crippen molar-refractivity contribution < 1.29 is 18.4 Å². The molecule has 0 fully saturated rings. The number of ether oxygens (including phenoxy) is 2. The van der Waals surface area contributed by atoms with Crippen LogP contribution in [0.5, 0.6) is 5.75 Å². The maximum atomic E-state index is 13.8. The van der Waals surface area contributed by atoms with Crippen LogP contribution in [0.25, 0.3) is 0 Å². The fourth-order valence-corrected chi connectivity index (χ4v) is 2.51. The maximum Gasteiger partial charge on any atom is 0.248 e. The number of guanidine groups is 1. The van der Waals surface area contributed by atoms with Crippen LogP contribution in [-0.4, -0.2) is 41.9 Å². The minimum Gasteiger partial charge on any atom is -0.486 e. The van der Waals surface area contributed by atoms with E-state index in [1.807, 2.05) is 27.7 Å². The molecule has 0 bridgehead atoms. The summed E-state index contributed by atoms with van der Waals surface area (Å²) in [6.45, 7) is 9.69. The van der Waals surface area contributed by atoms with Gasteiger partial charge in [0.15, 0.2) is 23.4 Å². The summed E-state index contributed by atoms with van der Waals surface area (Å²) in [7, 11) is 0. The Morgan fingerprint density at radius 2 is 2.00 bits per heavy atom. The summed E-state index contributed by atoms with van der Waals surface area (Å²) < 4.78 is 30.3. The van der Waals surface area contributed by atoms with Gasteiger partial charge in [-0.3, -0.25) is 0 Å². The molecule has 10 heteroatoms. The maximum absolute atomic E-state index is 13.8. The zero-order valence-electron chi connectivity index (χ0n) is 17.9. The molecule has 0 saturated carbocycles. The number of nitrogens with zero attached hydrogens (tertiary/aromatic N) is 3. The summed E-state index contributed by atoms with van der Waals surface area (Å²) in [5.74, 6) is 1.35. The van der Waals surface area contributed by atoms with Crippen LogP contribution in [0.1, 0.15) is 51.9 Å². The van der Waals surface area contributed by atoms with Gasteiger partial charge in [0.05, 0.1) is 6.54 Å². The van der Waals surface area contributed by atoms with E-state index < -0.39 is 0 Å². The first-order valence-corrected chi connectivity index (χ1v) is 9.94. The molecule has 168 valence electrons. The van der Waals surface area contributed by atoms with Crippen molar-refractivity contribution in [2.75, 3.05) is 19.7 Å². The van der Waals surface area contributed by atoms with Crippen molar-refractivity contribution in [2.45, 2.75) is 52.9 Å². The molecule has 0 spiro atoms. The van der Waals surface area contributed by atoms with Crippen LogP contribution in [0.2, 0.25) is 0 Å². The third-order valence-electron chi connectivity index (χ3n) is 4.06. The number of para-hydroxylation sites is 1. The van der Waals surface area contributed by atoms with Gasteiger partial charge in [-0.05, 0) is 39.3 Å². The number of aromatic nitrogens is 2. The SMILES string of the molecule is CCNC(=NCc1nc(C(C)OCC)no1)NCC(CC)Oc1ccccc1F.I. The second kappa shape index (κ2) is 14.1. The number of halogens is 2. The number of hydrogen-bond donors (Lipinski definition) is 2.